The number of rotatable bonds is 3. The van der Waals surface area contributed by atoms with Gasteiger partial charge in [0.1, 0.15) is 13.1 Å². The van der Waals surface area contributed by atoms with Gasteiger partial charge in [-0.2, -0.15) is 14.8 Å². The van der Waals surface area contributed by atoms with Crippen molar-refractivity contribution in [1.29, 1.82) is 10.5 Å². The average Bonchev–Trinajstić information content (AvgIpc) is 1.85. The Morgan fingerprint density at radius 1 is 1.25 bits per heavy atom. The molecule has 0 atom stereocenters. The summed E-state index contributed by atoms with van der Waals surface area (Å²) in [4.78, 5) is 0. The van der Waals surface area contributed by atoms with E-state index in [2.05, 4.69) is 0 Å². The van der Waals surface area contributed by atoms with Gasteiger partial charge in [0.2, 0.25) is 0 Å². The van der Waals surface area contributed by atoms with Crippen molar-refractivity contribution >= 4 is 10.3 Å². The van der Waals surface area contributed by atoms with Gasteiger partial charge in [-0.15, -0.1) is 0 Å². The third-order valence-electron chi connectivity index (χ3n) is 0.810. The minimum Gasteiger partial charge on any atom is -0.735 e. The molecule has 0 aliphatic rings. The van der Waals surface area contributed by atoms with E-state index in [1.54, 1.807) is 0 Å². The number of hydrogen-bond acceptors (Lipinski definition) is 5. The van der Waals surface area contributed by atoms with E-state index in [1.165, 1.54) is 12.1 Å². The van der Waals surface area contributed by atoms with Crippen LogP contribution in [0.4, 0.5) is 0 Å². The topological polar surface area (TPSA) is 108 Å². The molecule has 0 amide bonds. The van der Waals surface area contributed by atoms with E-state index < -0.39 is 23.4 Å². The van der Waals surface area contributed by atoms with Gasteiger partial charge in [-0.25, -0.2) is 8.42 Å². The first-order valence-electron chi connectivity index (χ1n) is 2.47. The summed E-state index contributed by atoms with van der Waals surface area (Å²) in [6.07, 6.45) is 0. The maximum absolute atomic E-state index is 10.2. The molecule has 0 unspecified atom stereocenters. The van der Waals surface area contributed by atoms with E-state index in [0.29, 0.717) is 0 Å². The fourth-order valence-corrected chi connectivity index (χ4v) is 0.803. The molecule has 0 aromatic heterocycles. The Morgan fingerprint density at radius 2 is 1.58 bits per heavy atom. The molecule has 0 N–H and O–H groups in total. The van der Waals surface area contributed by atoms with Gasteiger partial charge in [0, 0.05) is 0 Å². The zero-order valence-corrected chi connectivity index (χ0v) is 7.21. The van der Waals surface area contributed by atoms with E-state index in [1.807, 2.05) is 0 Å². The van der Waals surface area contributed by atoms with E-state index in [0.717, 1.165) is 0 Å². The Bertz CT molecular complexity index is 284. The van der Waals surface area contributed by atoms with E-state index >= 15 is 0 Å². The van der Waals surface area contributed by atoms with Crippen LogP contribution in [0.2, 0.25) is 0 Å². The number of hydrogen-bond donors (Lipinski definition) is 0. The SMILES string of the molecule is N#CCN(CC#N)S(=O)(=O)[O-].[Li+]. The largest absolute Gasteiger partial charge is 1.00 e. The predicted molar refractivity (Wildman–Crippen MR) is 32.5 cm³/mol. The van der Waals surface area contributed by atoms with Crippen molar-refractivity contribution in [2.45, 2.75) is 0 Å². The summed E-state index contributed by atoms with van der Waals surface area (Å²) in [6, 6.07) is 2.91. The maximum atomic E-state index is 10.2. The van der Waals surface area contributed by atoms with E-state index in [4.69, 9.17) is 10.5 Å². The minimum atomic E-state index is -4.65. The van der Waals surface area contributed by atoms with Crippen molar-refractivity contribution in [3.8, 4) is 12.1 Å². The van der Waals surface area contributed by atoms with Crippen LogP contribution in [0.25, 0.3) is 0 Å². The summed E-state index contributed by atoms with van der Waals surface area (Å²) < 4.78 is 30.8. The molecule has 0 bridgehead atoms. The third-order valence-corrected chi connectivity index (χ3v) is 1.70. The molecule has 0 spiro atoms. The summed E-state index contributed by atoms with van der Waals surface area (Å²) in [5.74, 6) is 0. The molecule has 0 saturated heterocycles. The molecule has 60 valence electrons. The summed E-state index contributed by atoms with van der Waals surface area (Å²) in [5, 5.41) is 16.0. The van der Waals surface area contributed by atoms with Gasteiger partial charge < -0.3 is 4.55 Å². The van der Waals surface area contributed by atoms with E-state index in [9.17, 15) is 13.0 Å². The molecule has 0 saturated carbocycles. The molecule has 0 rings (SSSR count). The minimum absolute atomic E-state index is 0. The van der Waals surface area contributed by atoms with Gasteiger partial charge in [-0.05, 0) is 0 Å². The van der Waals surface area contributed by atoms with E-state index in [-0.39, 0.29) is 23.2 Å². The second kappa shape index (κ2) is 6.02. The number of nitrogens with zero attached hydrogens (tertiary/aromatic N) is 3. The maximum Gasteiger partial charge on any atom is 1.00 e. The Balaban J connectivity index is 0. The smallest absolute Gasteiger partial charge is 0.735 e. The second-order valence-corrected chi connectivity index (χ2v) is 2.91. The first-order valence-corrected chi connectivity index (χ1v) is 3.83. The zero-order valence-electron chi connectivity index (χ0n) is 6.39. The van der Waals surface area contributed by atoms with Crippen LogP contribution in [0.3, 0.4) is 0 Å². The van der Waals surface area contributed by atoms with Crippen LogP contribution < -0.4 is 18.9 Å². The first kappa shape index (κ1) is 14.0. The summed E-state index contributed by atoms with van der Waals surface area (Å²) in [6.45, 7) is -1.17. The molecule has 0 aliphatic carbocycles. The van der Waals surface area contributed by atoms with Crippen molar-refractivity contribution in [1.82, 2.24) is 4.31 Å². The van der Waals surface area contributed by atoms with Crippen LogP contribution in [0, 0.1) is 22.7 Å². The van der Waals surface area contributed by atoms with Crippen molar-refractivity contribution in [3.05, 3.63) is 0 Å². The summed E-state index contributed by atoms with van der Waals surface area (Å²) >= 11 is 0. The fourth-order valence-electron chi connectivity index (χ4n) is 0.372. The Labute approximate surface area is 82.4 Å². The normalized spacial score (nSPS) is 9.67. The Kier molecular flexibility index (Phi) is 7.02. The van der Waals surface area contributed by atoms with Crippen LogP contribution >= 0.6 is 0 Å². The summed E-state index contributed by atoms with van der Waals surface area (Å²) in [5.41, 5.74) is 0. The number of nitriles is 2. The third kappa shape index (κ3) is 5.14. The average molecular weight is 181 g/mol. The summed E-state index contributed by atoms with van der Waals surface area (Å²) in [7, 11) is -4.65. The van der Waals surface area contributed by atoms with Crippen LogP contribution in [0.5, 0.6) is 0 Å². The van der Waals surface area contributed by atoms with Crippen LogP contribution in [0.15, 0.2) is 0 Å². The molecular formula is C4H4LiN3O3S. The molecular weight excluding hydrogens is 177 g/mol. The van der Waals surface area contributed by atoms with Crippen LogP contribution in [-0.2, 0) is 10.3 Å². The first-order chi connectivity index (χ1) is 5.02. The van der Waals surface area contributed by atoms with Gasteiger partial charge in [0.25, 0.3) is 0 Å². The molecule has 0 fully saturated rings. The zero-order chi connectivity index (χ0) is 8.91. The molecule has 0 radical (unpaired) electrons. The molecule has 0 aromatic carbocycles. The van der Waals surface area contributed by atoms with Gasteiger partial charge in [0.05, 0.1) is 12.1 Å². The van der Waals surface area contributed by atoms with Crippen LogP contribution in [-0.4, -0.2) is 30.4 Å². The van der Waals surface area contributed by atoms with Crippen molar-refractivity contribution in [3.63, 3.8) is 0 Å². The standard InChI is InChI=1S/C4H5N3O3S.Li/c5-1-3-7(4-2-6)11(8,9)10;/h3-4H2,(H,8,9,10);/q;+1/p-1. The van der Waals surface area contributed by atoms with Gasteiger partial charge in [-0.1, -0.05) is 0 Å². The Morgan fingerprint density at radius 3 is 1.75 bits per heavy atom. The van der Waals surface area contributed by atoms with Crippen molar-refractivity contribution < 1.29 is 31.8 Å². The molecule has 0 aliphatic heterocycles. The quantitative estimate of drug-likeness (QED) is 0.249. The molecule has 12 heavy (non-hydrogen) atoms. The molecule has 8 heteroatoms. The van der Waals surface area contributed by atoms with Crippen molar-refractivity contribution in [2.75, 3.05) is 13.1 Å². The van der Waals surface area contributed by atoms with Gasteiger partial charge in [-0.3, -0.25) is 0 Å². The fraction of sp³-hybridized carbons (Fsp3) is 0.500. The Hall–Kier alpha value is -0.553. The molecule has 0 aromatic rings. The van der Waals surface area contributed by atoms with Gasteiger partial charge in [0.15, 0.2) is 10.3 Å². The molecule has 6 nitrogen and oxygen atoms in total. The predicted octanol–water partition coefficient (Wildman–Crippen LogP) is -4.20. The second-order valence-electron chi connectivity index (χ2n) is 1.54. The van der Waals surface area contributed by atoms with Crippen molar-refractivity contribution in [2.24, 2.45) is 0 Å². The molecule has 0 heterocycles. The van der Waals surface area contributed by atoms with Crippen LogP contribution in [0.1, 0.15) is 0 Å². The monoisotopic (exact) mass is 181 g/mol. The van der Waals surface area contributed by atoms with Gasteiger partial charge >= 0.3 is 18.9 Å².